The molecule has 2 aliphatic heterocycles. The molecule has 2 heterocycles. The molecule has 2 fully saturated rings. The van der Waals surface area contributed by atoms with Crippen LogP contribution in [0.2, 0.25) is 0 Å². The molecule has 0 aromatic heterocycles. The Morgan fingerprint density at radius 3 is 1.24 bits per heavy atom. The number of ether oxygens (including phenoxy) is 2. The van der Waals surface area contributed by atoms with Crippen LogP contribution in [0.15, 0.2) is 0 Å². The van der Waals surface area contributed by atoms with E-state index >= 15 is 0 Å². The van der Waals surface area contributed by atoms with E-state index in [-0.39, 0.29) is 25.7 Å². The lowest BCUT2D eigenvalue weighted by atomic mass is 9.95. The molecule has 218 valence electrons. The van der Waals surface area contributed by atoms with Gasteiger partial charge in [-0.05, 0) is 12.8 Å². The molecule has 10 atom stereocenters. The average molecular weight is 551 g/mol. The normalized spacial score (nSPS) is 35.2. The minimum Gasteiger partial charge on any atom is -0.394 e. The van der Waals surface area contributed by atoms with E-state index in [0.29, 0.717) is 0 Å². The van der Waals surface area contributed by atoms with E-state index in [1.165, 1.54) is 13.8 Å². The van der Waals surface area contributed by atoms with Gasteiger partial charge < -0.3 is 61.4 Å². The van der Waals surface area contributed by atoms with E-state index in [4.69, 9.17) is 9.47 Å². The summed E-state index contributed by atoms with van der Waals surface area (Å²) < 4.78 is 10.9. The molecule has 0 aliphatic carbocycles. The molecule has 2 aliphatic rings. The smallest absolute Gasteiger partial charge is 0.222 e. The molecule has 0 radical (unpaired) electrons. The van der Waals surface area contributed by atoms with Crippen LogP contribution in [0.5, 0.6) is 0 Å². The molecule has 10 N–H and O–H groups in total. The molecule has 0 bridgehead atoms. The first-order valence-electron chi connectivity index (χ1n) is 12.3. The van der Waals surface area contributed by atoms with Crippen molar-refractivity contribution in [3.05, 3.63) is 0 Å². The van der Waals surface area contributed by atoms with Gasteiger partial charge in [-0.2, -0.15) is 0 Å². The number of aliphatic hydroxyl groups is 6. The SMILES string of the molecule is CC(=O)N[C@@H]1[C@@H](O)[C@H](O)[C@@H](CO)O[C@H]1NC(=O)CCCCC(=O)N[C@@H]1O[C@H](CO)[C@@H](O)[C@H](O)[C@H]1NC(C)=O. The number of hydrogen-bond donors (Lipinski definition) is 10. The van der Waals surface area contributed by atoms with Crippen LogP contribution in [0, 0.1) is 0 Å². The zero-order valence-corrected chi connectivity index (χ0v) is 21.1. The van der Waals surface area contributed by atoms with Crippen molar-refractivity contribution in [1.82, 2.24) is 21.3 Å². The molecule has 0 aromatic carbocycles. The van der Waals surface area contributed by atoms with E-state index in [0.717, 1.165) is 0 Å². The first-order chi connectivity index (χ1) is 17.9. The van der Waals surface area contributed by atoms with Crippen LogP contribution in [0.3, 0.4) is 0 Å². The maximum Gasteiger partial charge on any atom is 0.222 e. The predicted molar refractivity (Wildman–Crippen MR) is 125 cm³/mol. The van der Waals surface area contributed by atoms with Crippen LogP contribution >= 0.6 is 0 Å². The molecule has 4 amide bonds. The van der Waals surface area contributed by atoms with Gasteiger partial charge in [-0.3, -0.25) is 19.2 Å². The highest BCUT2D eigenvalue weighted by atomic mass is 16.5. The number of nitrogens with one attached hydrogen (secondary N) is 4. The van der Waals surface area contributed by atoms with Crippen molar-refractivity contribution < 1.29 is 59.3 Å². The molecular formula is C22H38N4O12. The Kier molecular flexibility index (Phi) is 12.2. The van der Waals surface area contributed by atoms with E-state index in [1.54, 1.807) is 0 Å². The second kappa shape index (κ2) is 14.6. The monoisotopic (exact) mass is 550 g/mol. The van der Waals surface area contributed by atoms with E-state index in [9.17, 15) is 49.8 Å². The van der Waals surface area contributed by atoms with Gasteiger partial charge in [0.1, 0.15) is 48.7 Å². The highest BCUT2D eigenvalue weighted by molar-refractivity contribution is 5.78. The molecule has 16 nitrogen and oxygen atoms in total. The van der Waals surface area contributed by atoms with Gasteiger partial charge in [-0.15, -0.1) is 0 Å². The van der Waals surface area contributed by atoms with Crippen molar-refractivity contribution in [2.75, 3.05) is 13.2 Å². The molecule has 0 saturated carbocycles. The van der Waals surface area contributed by atoms with E-state index < -0.39 is 98.0 Å². The lowest BCUT2D eigenvalue weighted by Gasteiger charge is -2.42. The number of carbonyl (C=O) groups excluding carboxylic acids is 4. The van der Waals surface area contributed by atoms with Crippen molar-refractivity contribution in [3.8, 4) is 0 Å². The Labute approximate surface area is 218 Å². The third kappa shape index (κ3) is 8.54. The number of aliphatic hydroxyl groups excluding tert-OH is 6. The summed E-state index contributed by atoms with van der Waals surface area (Å²) in [7, 11) is 0. The Bertz CT molecular complexity index is 766. The highest BCUT2D eigenvalue weighted by Crippen LogP contribution is 2.21. The Hall–Kier alpha value is -2.44. The fourth-order valence-electron chi connectivity index (χ4n) is 4.30. The third-order valence-electron chi connectivity index (χ3n) is 6.26. The first-order valence-corrected chi connectivity index (χ1v) is 12.3. The van der Waals surface area contributed by atoms with E-state index in [1.807, 2.05) is 0 Å². The first kappa shape index (κ1) is 31.8. The van der Waals surface area contributed by atoms with Gasteiger partial charge in [-0.1, -0.05) is 0 Å². The zero-order chi connectivity index (χ0) is 28.6. The van der Waals surface area contributed by atoms with Crippen LogP contribution in [-0.2, 0) is 28.7 Å². The highest BCUT2D eigenvalue weighted by Gasteiger charge is 2.46. The second-order valence-electron chi connectivity index (χ2n) is 9.31. The fourth-order valence-corrected chi connectivity index (χ4v) is 4.30. The Morgan fingerprint density at radius 1 is 0.605 bits per heavy atom. The lowest BCUT2D eigenvalue weighted by Crippen LogP contribution is -2.68. The second-order valence-corrected chi connectivity index (χ2v) is 9.31. The molecule has 38 heavy (non-hydrogen) atoms. The quantitative estimate of drug-likeness (QED) is 0.108. The van der Waals surface area contributed by atoms with Gasteiger partial charge >= 0.3 is 0 Å². The van der Waals surface area contributed by atoms with Crippen molar-refractivity contribution in [3.63, 3.8) is 0 Å². The summed E-state index contributed by atoms with van der Waals surface area (Å²) in [5.41, 5.74) is 0. The van der Waals surface area contributed by atoms with Crippen LogP contribution in [0.4, 0.5) is 0 Å². The summed E-state index contributed by atoms with van der Waals surface area (Å²) in [6.07, 6.45) is -10.4. The standard InChI is InChI=1S/C22H38N4O12/c1-9(29)23-15-19(35)17(33)11(7-27)37-21(15)25-13(31)5-3-4-6-14(32)26-22-16(24-10(2)30)20(36)18(34)12(8-28)38-22/h11-12,15-22,27-28,33-36H,3-8H2,1-2H3,(H,23,29)(H,24,30)(H,25,31)(H,26,32)/t11-,12-,15-,16-,17-,18-,19-,20-,21-,22-/m1/s1. The number of unbranched alkanes of at least 4 members (excludes halogenated alkanes) is 1. The Balaban J connectivity index is 1.85. The van der Waals surface area contributed by atoms with Gasteiger partial charge in [0.15, 0.2) is 12.5 Å². The van der Waals surface area contributed by atoms with Gasteiger partial charge in [0.25, 0.3) is 0 Å². The molecule has 2 rings (SSSR count). The summed E-state index contributed by atoms with van der Waals surface area (Å²) in [4.78, 5) is 47.8. The lowest BCUT2D eigenvalue weighted by molar-refractivity contribution is -0.203. The third-order valence-corrected chi connectivity index (χ3v) is 6.26. The molecule has 0 spiro atoms. The molecule has 2 saturated heterocycles. The summed E-state index contributed by atoms with van der Waals surface area (Å²) in [5, 5.41) is 69.1. The van der Waals surface area contributed by atoms with Gasteiger partial charge in [-0.25, -0.2) is 0 Å². The van der Waals surface area contributed by atoms with E-state index in [2.05, 4.69) is 21.3 Å². The van der Waals surface area contributed by atoms with Crippen LogP contribution in [-0.4, -0.2) is 129 Å². The summed E-state index contributed by atoms with van der Waals surface area (Å²) >= 11 is 0. The van der Waals surface area contributed by atoms with Crippen LogP contribution < -0.4 is 21.3 Å². The van der Waals surface area contributed by atoms with Gasteiger partial charge in [0.05, 0.1) is 13.2 Å². The molecule has 16 heteroatoms. The maximum atomic E-state index is 12.4. The predicted octanol–water partition coefficient (Wildman–Crippen LogP) is -5.33. The Morgan fingerprint density at radius 2 is 0.947 bits per heavy atom. The number of amides is 4. The average Bonchev–Trinajstić information content (AvgIpc) is 2.85. The van der Waals surface area contributed by atoms with Crippen LogP contribution in [0.25, 0.3) is 0 Å². The van der Waals surface area contributed by atoms with Gasteiger partial charge in [0, 0.05) is 26.7 Å². The number of carbonyl (C=O) groups is 4. The van der Waals surface area contributed by atoms with Crippen LogP contribution in [0.1, 0.15) is 39.5 Å². The molecule has 0 aromatic rings. The molecular weight excluding hydrogens is 512 g/mol. The number of rotatable bonds is 11. The van der Waals surface area contributed by atoms with Crippen molar-refractivity contribution in [1.29, 1.82) is 0 Å². The summed E-state index contributed by atoms with van der Waals surface area (Å²) in [5.74, 6) is -2.13. The summed E-state index contributed by atoms with van der Waals surface area (Å²) in [6, 6.07) is -2.33. The fraction of sp³-hybridized carbons (Fsp3) is 0.818. The number of hydrogen-bond acceptors (Lipinski definition) is 12. The summed E-state index contributed by atoms with van der Waals surface area (Å²) in [6.45, 7) is 1.11. The van der Waals surface area contributed by atoms with Crippen molar-refractivity contribution in [2.45, 2.75) is 101 Å². The van der Waals surface area contributed by atoms with Crippen molar-refractivity contribution >= 4 is 23.6 Å². The minimum absolute atomic E-state index is 0.0612. The topological polar surface area (TPSA) is 256 Å². The largest absolute Gasteiger partial charge is 0.394 e. The minimum atomic E-state index is -1.51. The zero-order valence-electron chi connectivity index (χ0n) is 21.1. The maximum absolute atomic E-state index is 12.4. The van der Waals surface area contributed by atoms with Gasteiger partial charge in [0.2, 0.25) is 23.6 Å². The molecule has 0 unspecified atom stereocenters. The van der Waals surface area contributed by atoms with Crippen molar-refractivity contribution in [2.24, 2.45) is 0 Å².